The molecule has 0 aliphatic carbocycles. The fraction of sp³-hybridized carbons (Fsp3) is 0.929. The summed E-state index contributed by atoms with van der Waals surface area (Å²) in [5.74, 6) is -1.47. The van der Waals surface area contributed by atoms with Gasteiger partial charge in [0.05, 0.1) is 39.1 Å². The number of amides is 2. The molecule has 3 fully saturated rings. The van der Waals surface area contributed by atoms with Gasteiger partial charge in [-0.25, -0.2) is 0 Å². The molecule has 0 aromatic heterocycles. The van der Waals surface area contributed by atoms with Crippen LogP contribution in [0.5, 0.6) is 0 Å². The van der Waals surface area contributed by atoms with E-state index in [0.717, 1.165) is 13.8 Å². The van der Waals surface area contributed by atoms with E-state index in [9.17, 15) is 76.0 Å². The Hall–Kier alpha value is -1.82. The second-order valence-electron chi connectivity index (χ2n) is 12.4. The Morgan fingerprint density at radius 3 is 1.67 bits per heavy atom. The van der Waals surface area contributed by atoms with E-state index in [4.69, 9.17) is 28.4 Å². The summed E-state index contributed by atoms with van der Waals surface area (Å²) in [6.07, 6.45) is -30.3. The van der Waals surface area contributed by atoms with Gasteiger partial charge in [0.2, 0.25) is 11.8 Å². The van der Waals surface area contributed by atoms with Crippen molar-refractivity contribution in [1.82, 2.24) is 10.6 Å². The lowest BCUT2D eigenvalue weighted by atomic mass is 9.95. The lowest BCUT2D eigenvalue weighted by Crippen LogP contribution is -2.67. The van der Waals surface area contributed by atoms with Gasteiger partial charge in [-0.05, 0) is 0 Å². The van der Waals surface area contributed by atoms with Crippen LogP contribution in [0.25, 0.3) is 0 Å². The summed E-state index contributed by atoms with van der Waals surface area (Å²) in [5, 5.41) is 138. The van der Waals surface area contributed by atoms with Crippen LogP contribution in [0.3, 0.4) is 0 Å². The van der Waals surface area contributed by atoms with Crippen molar-refractivity contribution in [2.24, 2.45) is 0 Å². The van der Waals surface area contributed by atoms with Gasteiger partial charge in [0.25, 0.3) is 0 Å². The highest BCUT2D eigenvalue weighted by molar-refractivity contribution is 5.73. The summed E-state index contributed by atoms with van der Waals surface area (Å²) in [7, 11) is 0. The van der Waals surface area contributed by atoms with Gasteiger partial charge in [-0.15, -0.1) is 0 Å². The smallest absolute Gasteiger partial charge is 0.217 e. The SMILES string of the molecule is CC(=O)NC(CO)C(OC1OC(CO)C(O)C(O)C1O)C(O)C(O)COC1OC(CO)C(OC2OC(CO)C(O)C(O)C2O)C(O)C1NC(C)=O. The number of ether oxygens (including phenoxy) is 6. The fourth-order valence-electron chi connectivity index (χ4n) is 5.85. The van der Waals surface area contributed by atoms with E-state index in [1.165, 1.54) is 0 Å². The van der Waals surface area contributed by atoms with Gasteiger partial charge in [-0.3, -0.25) is 9.59 Å². The number of rotatable bonds is 16. The van der Waals surface area contributed by atoms with Crippen LogP contribution in [0, 0.1) is 0 Å². The van der Waals surface area contributed by atoms with Gasteiger partial charge in [-0.2, -0.15) is 0 Å². The minimum Gasteiger partial charge on any atom is -0.394 e. The highest BCUT2D eigenvalue weighted by Gasteiger charge is 2.52. The summed E-state index contributed by atoms with van der Waals surface area (Å²) in [5.41, 5.74) is 0. The van der Waals surface area contributed by atoms with Crippen molar-refractivity contribution in [2.75, 3.05) is 33.0 Å². The molecule has 19 unspecified atom stereocenters. The first-order valence-electron chi connectivity index (χ1n) is 16.0. The van der Waals surface area contributed by atoms with Gasteiger partial charge in [0.1, 0.15) is 91.5 Å². The molecular weight excluding hydrogens is 700 g/mol. The number of hydrogen-bond donors (Lipinski definition) is 15. The molecule has 23 nitrogen and oxygen atoms in total. The summed E-state index contributed by atoms with van der Waals surface area (Å²) in [6.45, 7) is -2.22. The fourth-order valence-corrected chi connectivity index (χ4v) is 5.85. The van der Waals surface area contributed by atoms with Crippen LogP contribution < -0.4 is 10.6 Å². The summed E-state index contributed by atoms with van der Waals surface area (Å²) < 4.78 is 33.0. The predicted octanol–water partition coefficient (Wildman–Crippen LogP) is -9.83. The molecular formula is C28H50N2O21. The van der Waals surface area contributed by atoms with Crippen molar-refractivity contribution in [1.29, 1.82) is 0 Å². The zero-order valence-electron chi connectivity index (χ0n) is 27.6. The van der Waals surface area contributed by atoms with Crippen LogP contribution in [-0.4, -0.2) is 228 Å². The standard InChI is InChI=1S/C28H50N2O21/c1-8(35)29-10(3-31)24(50-27-22(44)20(42)17(39)12(4-32)47-27)16(38)11(37)7-46-26-15(30-9(2)36)19(41)25(14(6-34)49-26)51-28-23(45)21(43)18(40)13(5-33)48-28/h10-28,31-34,37-45H,3-7H2,1-2H3,(H,29,35)(H,30,36). The third-order valence-electron chi connectivity index (χ3n) is 8.65. The number of aliphatic hydroxyl groups excluding tert-OH is 13. The van der Waals surface area contributed by atoms with E-state index in [2.05, 4.69) is 10.6 Å². The molecule has 19 atom stereocenters. The Kier molecular flexibility index (Phi) is 16.7. The van der Waals surface area contributed by atoms with Crippen molar-refractivity contribution in [3.05, 3.63) is 0 Å². The minimum absolute atomic E-state index is 0.729. The van der Waals surface area contributed by atoms with Gasteiger partial charge >= 0.3 is 0 Å². The maximum absolute atomic E-state index is 12.1. The van der Waals surface area contributed by atoms with Crippen LogP contribution in [-0.2, 0) is 38.0 Å². The Balaban J connectivity index is 1.79. The van der Waals surface area contributed by atoms with Crippen LogP contribution in [0.2, 0.25) is 0 Å². The highest BCUT2D eigenvalue weighted by Crippen LogP contribution is 2.30. The van der Waals surface area contributed by atoms with Gasteiger partial charge < -0.3 is 105 Å². The normalized spacial score (nSPS) is 41.3. The number of aliphatic hydroxyl groups is 13. The monoisotopic (exact) mass is 750 g/mol. The molecule has 3 rings (SSSR count). The number of carbonyl (C=O) groups excluding carboxylic acids is 2. The molecule has 3 saturated heterocycles. The first-order valence-corrected chi connectivity index (χ1v) is 16.0. The molecule has 3 aliphatic heterocycles. The van der Waals surface area contributed by atoms with Gasteiger partial charge in [0, 0.05) is 13.8 Å². The topological polar surface area (TPSA) is 377 Å². The molecule has 0 bridgehead atoms. The lowest BCUT2D eigenvalue weighted by Gasteiger charge is -2.47. The van der Waals surface area contributed by atoms with Crippen molar-refractivity contribution >= 4 is 11.8 Å². The average molecular weight is 751 g/mol. The second kappa shape index (κ2) is 19.5. The third-order valence-corrected chi connectivity index (χ3v) is 8.65. The quantitative estimate of drug-likeness (QED) is 0.0696. The van der Waals surface area contributed by atoms with E-state index in [0.29, 0.717) is 0 Å². The first-order chi connectivity index (χ1) is 24.0. The van der Waals surface area contributed by atoms with Crippen molar-refractivity contribution in [3.8, 4) is 0 Å². The summed E-state index contributed by atoms with van der Waals surface area (Å²) in [4.78, 5) is 23.9. The number of carbonyl (C=O) groups is 2. The Bertz CT molecular complexity index is 1090. The van der Waals surface area contributed by atoms with Crippen molar-refractivity contribution in [3.63, 3.8) is 0 Å². The van der Waals surface area contributed by atoms with E-state index < -0.39 is 161 Å². The third kappa shape index (κ3) is 10.4. The van der Waals surface area contributed by atoms with Gasteiger partial charge in [-0.1, -0.05) is 0 Å². The first kappa shape index (κ1) is 43.6. The van der Waals surface area contributed by atoms with Crippen molar-refractivity contribution < 1.29 is 104 Å². The maximum atomic E-state index is 12.1. The van der Waals surface area contributed by atoms with E-state index in [1.807, 2.05) is 0 Å². The van der Waals surface area contributed by atoms with Gasteiger partial charge in [0.15, 0.2) is 18.9 Å². The predicted molar refractivity (Wildman–Crippen MR) is 159 cm³/mol. The van der Waals surface area contributed by atoms with E-state index in [-0.39, 0.29) is 0 Å². The zero-order valence-corrected chi connectivity index (χ0v) is 27.6. The number of nitrogens with one attached hydrogen (secondary N) is 2. The molecule has 0 spiro atoms. The van der Waals surface area contributed by atoms with E-state index >= 15 is 0 Å². The van der Waals surface area contributed by atoms with Crippen LogP contribution >= 0.6 is 0 Å². The maximum Gasteiger partial charge on any atom is 0.217 e. The molecule has 0 aromatic carbocycles. The Morgan fingerprint density at radius 2 is 1.18 bits per heavy atom. The number of hydrogen-bond acceptors (Lipinski definition) is 21. The molecule has 0 aromatic rings. The zero-order chi connectivity index (χ0) is 38.3. The molecule has 0 saturated carbocycles. The summed E-state index contributed by atoms with van der Waals surface area (Å²) in [6, 6.07) is -3.05. The summed E-state index contributed by atoms with van der Waals surface area (Å²) >= 11 is 0. The molecule has 3 heterocycles. The minimum atomic E-state index is -2.12. The molecule has 298 valence electrons. The van der Waals surface area contributed by atoms with Crippen LogP contribution in [0.1, 0.15) is 13.8 Å². The van der Waals surface area contributed by atoms with Crippen molar-refractivity contribution in [2.45, 2.75) is 130 Å². The molecule has 23 heteroatoms. The molecule has 15 N–H and O–H groups in total. The molecule has 2 amide bonds. The Morgan fingerprint density at radius 1 is 0.667 bits per heavy atom. The largest absolute Gasteiger partial charge is 0.394 e. The highest BCUT2D eigenvalue weighted by atomic mass is 16.7. The molecule has 51 heavy (non-hydrogen) atoms. The molecule has 0 radical (unpaired) electrons. The Labute approximate surface area is 290 Å². The average Bonchev–Trinajstić information content (AvgIpc) is 3.09. The lowest BCUT2D eigenvalue weighted by molar-refractivity contribution is -0.349. The van der Waals surface area contributed by atoms with Crippen LogP contribution in [0.15, 0.2) is 0 Å². The van der Waals surface area contributed by atoms with Crippen LogP contribution in [0.4, 0.5) is 0 Å². The second-order valence-corrected chi connectivity index (χ2v) is 12.4. The molecule has 3 aliphatic rings. The van der Waals surface area contributed by atoms with E-state index in [1.54, 1.807) is 0 Å².